The number of benzene rings is 2. The van der Waals surface area contributed by atoms with Crippen molar-refractivity contribution in [3.8, 4) is 5.75 Å². The Morgan fingerprint density at radius 2 is 1.88 bits per heavy atom. The van der Waals surface area contributed by atoms with Crippen molar-refractivity contribution in [2.75, 3.05) is 4.90 Å². The number of aromatic hydroxyl groups is 1. The molecule has 1 amide bonds. The standard InChI is InChI=1S/C16H9Br2ClN2O2S/c17-9-5-8(14(22)12(18)7-9)6-13-15(23)21(16(20)24-13)11-3-1-10(19)2-4-11/h1-7,20,22H/b13-6-,20-16?. The van der Waals surface area contributed by atoms with Crippen LogP contribution in [0.5, 0.6) is 5.75 Å². The first-order valence-electron chi connectivity index (χ1n) is 6.63. The first-order valence-corrected chi connectivity index (χ1v) is 9.41. The molecule has 0 radical (unpaired) electrons. The van der Waals surface area contributed by atoms with Gasteiger partial charge in [0.2, 0.25) is 0 Å². The van der Waals surface area contributed by atoms with Crippen LogP contribution >= 0.6 is 55.2 Å². The van der Waals surface area contributed by atoms with Gasteiger partial charge in [0.15, 0.2) is 5.17 Å². The molecular weight excluding hydrogens is 480 g/mol. The molecule has 1 heterocycles. The normalized spacial score (nSPS) is 16.3. The second-order valence-electron chi connectivity index (χ2n) is 4.86. The maximum Gasteiger partial charge on any atom is 0.271 e. The van der Waals surface area contributed by atoms with Gasteiger partial charge in [0, 0.05) is 15.1 Å². The first-order chi connectivity index (χ1) is 11.4. The molecule has 4 nitrogen and oxygen atoms in total. The number of phenolic OH excluding ortho intramolecular Hbond substituents is 1. The fourth-order valence-corrected chi connectivity index (χ4v) is 4.39. The lowest BCUT2D eigenvalue weighted by molar-refractivity contribution is -0.113. The topological polar surface area (TPSA) is 64.4 Å². The summed E-state index contributed by atoms with van der Waals surface area (Å²) in [6, 6.07) is 10.1. The average Bonchev–Trinajstić information content (AvgIpc) is 2.80. The number of carbonyl (C=O) groups excluding carboxylic acids is 1. The fraction of sp³-hybridized carbons (Fsp3) is 0. The number of amides is 1. The number of carbonyl (C=O) groups is 1. The van der Waals surface area contributed by atoms with Crippen molar-refractivity contribution in [1.82, 2.24) is 0 Å². The highest BCUT2D eigenvalue weighted by Crippen LogP contribution is 2.38. The number of phenols is 1. The van der Waals surface area contributed by atoms with Gasteiger partial charge < -0.3 is 5.11 Å². The van der Waals surface area contributed by atoms with Crippen molar-refractivity contribution in [3.05, 3.63) is 60.8 Å². The number of nitrogens with one attached hydrogen (secondary N) is 1. The smallest absolute Gasteiger partial charge is 0.271 e. The highest BCUT2D eigenvalue weighted by Gasteiger charge is 2.33. The number of anilines is 1. The molecule has 0 saturated carbocycles. The van der Waals surface area contributed by atoms with Gasteiger partial charge in [-0.15, -0.1) is 0 Å². The number of hydrogen-bond acceptors (Lipinski definition) is 4. The second kappa shape index (κ2) is 6.92. The Morgan fingerprint density at radius 1 is 1.21 bits per heavy atom. The van der Waals surface area contributed by atoms with Gasteiger partial charge >= 0.3 is 0 Å². The summed E-state index contributed by atoms with van der Waals surface area (Å²) in [6.07, 6.45) is 1.57. The van der Waals surface area contributed by atoms with Crippen LogP contribution in [-0.2, 0) is 4.79 Å². The van der Waals surface area contributed by atoms with Gasteiger partial charge in [0.05, 0.1) is 15.1 Å². The lowest BCUT2D eigenvalue weighted by atomic mass is 10.2. The van der Waals surface area contributed by atoms with Crippen molar-refractivity contribution in [3.63, 3.8) is 0 Å². The Labute approximate surface area is 164 Å². The van der Waals surface area contributed by atoms with Gasteiger partial charge in [-0.25, -0.2) is 0 Å². The molecule has 0 unspecified atom stereocenters. The Hall–Kier alpha value is -1.28. The van der Waals surface area contributed by atoms with E-state index in [0.717, 1.165) is 16.2 Å². The number of nitrogens with zero attached hydrogens (tertiary/aromatic N) is 1. The summed E-state index contributed by atoms with van der Waals surface area (Å²) in [5.74, 6) is -0.279. The number of thioether (sulfide) groups is 1. The van der Waals surface area contributed by atoms with Gasteiger partial charge in [0.1, 0.15) is 5.75 Å². The molecule has 2 N–H and O–H groups in total. The summed E-state index contributed by atoms with van der Waals surface area (Å²) >= 11 is 13.5. The third kappa shape index (κ3) is 3.39. The van der Waals surface area contributed by atoms with Crippen LogP contribution in [0.15, 0.2) is 50.2 Å². The molecular formula is C16H9Br2ClN2O2S. The molecule has 8 heteroatoms. The van der Waals surface area contributed by atoms with E-state index >= 15 is 0 Å². The monoisotopic (exact) mass is 486 g/mol. The molecule has 2 aromatic rings. The summed E-state index contributed by atoms with van der Waals surface area (Å²) in [5.41, 5.74) is 1.06. The highest BCUT2D eigenvalue weighted by molar-refractivity contribution is 9.11. The average molecular weight is 489 g/mol. The molecule has 0 spiro atoms. The molecule has 3 rings (SSSR count). The molecule has 1 aliphatic heterocycles. The van der Waals surface area contributed by atoms with E-state index in [4.69, 9.17) is 17.0 Å². The Balaban J connectivity index is 1.98. The number of hydrogen-bond donors (Lipinski definition) is 2. The highest BCUT2D eigenvalue weighted by atomic mass is 79.9. The maximum atomic E-state index is 12.6. The lowest BCUT2D eigenvalue weighted by Crippen LogP contribution is -2.27. The summed E-state index contributed by atoms with van der Waals surface area (Å²) in [6.45, 7) is 0. The molecule has 1 fully saturated rings. The van der Waals surface area contributed by atoms with E-state index in [-0.39, 0.29) is 16.8 Å². The van der Waals surface area contributed by atoms with Crippen LogP contribution in [-0.4, -0.2) is 16.2 Å². The van der Waals surface area contributed by atoms with Crippen LogP contribution in [0.1, 0.15) is 5.56 Å². The largest absolute Gasteiger partial charge is 0.506 e. The van der Waals surface area contributed by atoms with E-state index < -0.39 is 0 Å². The van der Waals surface area contributed by atoms with Crippen molar-refractivity contribution >= 4 is 78.1 Å². The van der Waals surface area contributed by atoms with Gasteiger partial charge in [-0.1, -0.05) is 27.5 Å². The second-order valence-corrected chi connectivity index (χ2v) is 8.10. The zero-order chi connectivity index (χ0) is 17.4. The zero-order valence-electron chi connectivity index (χ0n) is 11.9. The van der Waals surface area contributed by atoms with Gasteiger partial charge in [-0.2, -0.15) is 0 Å². The molecule has 0 atom stereocenters. The van der Waals surface area contributed by atoms with Crippen molar-refractivity contribution in [2.24, 2.45) is 0 Å². The summed E-state index contributed by atoms with van der Waals surface area (Å²) in [5, 5.41) is 18.9. The van der Waals surface area contributed by atoms with E-state index in [0.29, 0.717) is 25.7 Å². The quantitative estimate of drug-likeness (QED) is 0.539. The Bertz CT molecular complexity index is 884. The van der Waals surface area contributed by atoms with Crippen LogP contribution in [0.25, 0.3) is 6.08 Å². The van der Waals surface area contributed by atoms with E-state index in [2.05, 4.69) is 31.9 Å². The van der Waals surface area contributed by atoms with Crippen LogP contribution < -0.4 is 4.90 Å². The van der Waals surface area contributed by atoms with E-state index in [1.165, 1.54) is 4.90 Å². The zero-order valence-corrected chi connectivity index (χ0v) is 16.6. The number of amidine groups is 1. The van der Waals surface area contributed by atoms with E-state index in [9.17, 15) is 9.90 Å². The predicted octanol–water partition coefficient (Wildman–Crippen LogP) is 5.63. The molecule has 24 heavy (non-hydrogen) atoms. The molecule has 122 valence electrons. The SMILES string of the molecule is N=C1S/C(=C\c2cc(Br)cc(Br)c2O)C(=O)N1c1ccc(Cl)cc1. The fourth-order valence-electron chi connectivity index (χ4n) is 2.15. The summed E-state index contributed by atoms with van der Waals surface area (Å²) in [7, 11) is 0. The van der Waals surface area contributed by atoms with Crippen LogP contribution in [0.3, 0.4) is 0 Å². The van der Waals surface area contributed by atoms with Crippen LogP contribution in [0.2, 0.25) is 5.02 Å². The number of rotatable bonds is 2. The van der Waals surface area contributed by atoms with Crippen molar-refractivity contribution < 1.29 is 9.90 Å². The predicted molar refractivity (Wildman–Crippen MR) is 106 cm³/mol. The minimum absolute atomic E-state index is 0.0376. The van der Waals surface area contributed by atoms with Crippen LogP contribution in [0, 0.1) is 5.41 Å². The Morgan fingerprint density at radius 3 is 2.54 bits per heavy atom. The first kappa shape index (κ1) is 17.5. The molecule has 1 aliphatic rings. The van der Waals surface area contributed by atoms with E-state index in [1.54, 1.807) is 42.5 Å². The minimum atomic E-state index is -0.317. The van der Waals surface area contributed by atoms with Crippen LogP contribution in [0.4, 0.5) is 5.69 Å². The van der Waals surface area contributed by atoms with E-state index in [1.807, 2.05) is 0 Å². The van der Waals surface area contributed by atoms with Crippen molar-refractivity contribution in [2.45, 2.75) is 0 Å². The van der Waals surface area contributed by atoms with Gasteiger partial charge in [-0.3, -0.25) is 15.1 Å². The molecule has 1 saturated heterocycles. The Kier molecular flexibility index (Phi) is 5.05. The molecule has 0 bridgehead atoms. The van der Waals surface area contributed by atoms with Gasteiger partial charge in [-0.05, 0) is 70.2 Å². The van der Waals surface area contributed by atoms with Gasteiger partial charge in [0.25, 0.3) is 5.91 Å². The summed E-state index contributed by atoms with van der Waals surface area (Å²) in [4.78, 5) is 14.3. The minimum Gasteiger partial charge on any atom is -0.506 e. The third-order valence-electron chi connectivity index (χ3n) is 3.25. The molecule has 2 aromatic carbocycles. The van der Waals surface area contributed by atoms with Crippen molar-refractivity contribution in [1.29, 1.82) is 5.41 Å². The summed E-state index contributed by atoms with van der Waals surface area (Å²) < 4.78 is 1.28. The third-order valence-corrected chi connectivity index (χ3v) is 5.46. The maximum absolute atomic E-state index is 12.6. The number of halogens is 3. The lowest BCUT2D eigenvalue weighted by Gasteiger charge is -2.14. The molecule has 0 aromatic heterocycles. The molecule has 0 aliphatic carbocycles.